The average Bonchev–Trinajstić information content (AvgIpc) is 3.77. The highest BCUT2D eigenvalue weighted by Gasteiger charge is 2.49. The molecule has 1 aliphatic carbocycles. The molecule has 1 amide bonds. The van der Waals surface area contributed by atoms with Gasteiger partial charge in [-0.1, -0.05) is 52.7 Å². The Hall–Kier alpha value is -4.28. The van der Waals surface area contributed by atoms with Gasteiger partial charge in [-0.05, 0) is 54.7 Å². The lowest BCUT2D eigenvalue weighted by atomic mass is 10.1. The highest BCUT2D eigenvalue weighted by molar-refractivity contribution is 7.83. The molecule has 0 spiro atoms. The predicted molar refractivity (Wildman–Crippen MR) is 160 cm³/mol. The van der Waals surface area contributed by atoms with E-state index in [1.54, 1.807) is 0 Å². The van der Waals surface area contributed by atoms with Gasteiger partial charge in [0.05, 0.1) is 0 Å². The van der Waals surface area contributed by atoms with Gasteiger partial charge in [-0.3, -0.25) is 4.79 Å². The number of nitrogens with one attached hydrogen (secondary N) is 5. The Balaban J connectivity index is 1.17. The quantitative estimate of drug-likeness (QED) is 0.176. The molecule has 0 radical (unpaired) electrons. The summed E-state index contributed by atoms with van der Waals surface area (Å²) >= 11 is 0. The van der Waals surface area contributed by atoms with E-state index in [1.165, 1.54) is 0 Å². The van der Waals surface area contributed by atoms with Crippen molar-refractivity contribution in [2.24, 2.45) is 0 Å². The summed E-state index contributed by atoms with van der Waals surface area (Å²) in [6.45, 7) is 1.80. The Kier molecular flexibility index (Phi) is 7.43. The average molecular weight is 555 g/mol. The van der Waals surface area contributed by atoms with Gasteiger partial charge in [-0.25, -0.2) is 4.98 Å². The van der Waals surface area contributed by atoms with Gasteiger partial charge < -0.3 is 21.3 Å². The van der Waals surface area contributed by atoms with Crippen LogP contribution in [0.4, 0.5) is 23.1 Å². The van der Waals surface area contributed by atoms with Crippen LogP contribution < -0.4 is 26.0 Å². The van der Waals surface area contributed by atoms with Crippen LogP contribution in [0.25, 0.3) is 11.1 Å². The summed E-state index contributed by atoms with van der Waals surface area (Å²) in [6, 6.07) is 25.4. The molecule has 1 atom stereocenters. The summed E-state index contributed by atoms with van der Waals surface area (Å²) in [4.78, 5) is 23.0. The molecule has 2 heterocycles. The van der Waals surface area contributed by atoms with Crippen LogP contribution in [0.1, 0.15) is 24.8 Å². The molecule has 40 heavy (non-hydrogen) atoms. The lowest BCUT2D eigenvalue weighted by Crippen LogP contribution is -2.41. The van der Waals surface area contributed by atoms with E-state index in [1.807, 2.05) is 85.1 Å². The summed E-state index contributed by atoms with van der Waals surface area (Å²) in [7, 11) is -1.67. The van der Waals surface area contributed by atoms with E-state index >= 15 is 0 Å². The first kappa shape index (κ1) is 26.0. The van der Waals surface area contributed by atoms with Crippen molar-refractivity contribution >= 4 is 40.0 Å². The topological polar surface area (TPSA) is 120 Å². The minimum absolute atomic E-state index is 0.0249. The van der Waals surface area contributed by atoms with Gasteiger partial charge in [0.2, 0.25) is 11.9 Å². The summed E-state index contributed by atoms with van der Waals surface area (Å²) < 4.78 is 15.7. The smallest absolute Gasteiger partial charge is 0.245 e. The number of aromatic nitrogens is 2. The van der Waals surface area contributed by atoms with Crippen LogP contribution >= 0.6 is 0 Å². The zero-order valence-corrected chi connectivity index (χ0v) is 22.9. The van der Waals surface area contributed by atoms with Gasteiger partial charge in [0.1, 0.15) is 11.4 Å². The molecular formula is C30H32N7O2S+. The van der Waals surface area contributed by atoms with Crippen molar-refractivity contribution in [3.05, 3.63) is 90.6 Å². The van der Waals surface area contributed by atoms with Crippen molar-refractivity contribution in [3.63, 3.8) is 0 Å². The van der Waals surface area contributed by atoms with E-state index in [0.29, 0.717) is 25.6 Å². The van der Waals surface area contributed by atoms with Gasteiger partial charge >= 0.3 is 0 Å². The molecule has 9 nitrogen and oxygen atoms in total. The van der Waals surface area contributed by atoms with Crippen molar-refractivity contribution in [2.45, 2.75) is 36.2 Å². The van der Waals surface area contributed by atoms with Gasteiger partial charge in [0.15, 0.2) is 15.9 Å². The second-order valence-corrected chi connectivity index (χ2v) is 11.5. The van der Waals surface area contributed by atoms with Crippen LogP contribution in [0, 0.1) is 0 Å². The maximum absolute atomic E-state index is 12.9. The van der Waals surface area contributed by atoms with E-state index in [4.69, 9.17) is 4.98 Å². The van der Waals surface area contributed by atoms with Crippen LogP contribution in [0.2, 0.25) is 0 Å². The number of benzene rings is 3. The third-order valence-corrected chi connectivity index (χ3v) is 8.35. The van der Waals surface area contributed by atoms with Crippen molar-refractivity contribution in [1.29, 1.82) is 0 Å². The molecule has 204 valence electrons. The first-order chi connectivity index (χ1) is 19.6. The normalized spacial score (nSPS) is 17.6. The van der Waals surface area contributed by atoms with Gasteiger partial charge in [-0.15, -0.1) is 4.72 Å². The molecule has 1 aliphatic heterocycles. The fourth-order valence-corrected chi connectivity index (χ4v) is 5.71. The third kappa shape index (κ3) is 5.98. The summed E-state index contributed by atoms with van der Waals surface area (Å²) in [5.74, 6) is 1.20. The van der Waals surface area contributed by atoms with E-state index in [2.05, 4.69) is 31.0 Å². The fraction of sp³-hybridized carbons (Fsp3) is 0.233. The molecule has 0 saturated heterocycles. The van der Waals surface area contributed by atoms with E-state index in [9.17, 15) is 9.00 Å². The molecule has 2 aliphatic rings. The molecule has 4 aromatic rings. The van der Waals surface area contributed by atoms with Crippen molar-refractivity contribution in [2.75, 3.05) is 29.0 Å². The lowest BCUT2D eigenvalue weighted by molar-refractivity contribution is -0.122. The molecule has 1 saturated carbocycles. The van der Waals surface area contributed by atoms with Gasteiger partial charge in [0.25, 0.3) is 0 Å². The molecular weight excluding hydrogens is 522 g/mol. The standard InChI is InChI=1S/C30H31N7O2S/c38-28(32-19-21-6-2-1-3-7-21)30(14-15-30)37-23-12-10-22(11-13-23)26-20-33-29-35-24-8-4-9-25(18-24)40(39)34-17-5-16-31-27(26)36-29/h1-4,6-13,18,20,37H,5,14-17,19H2,(H,32,38)(H,34,39)(H2,31,33,35,36)/p+1. The van der Waals surface area contributed by atoms with Crippen LogP contribution in [0.3, 0.4) is 0 Å². The number of thiol groups is 1. The van der Waals surface area contributed by atoms with Crippen molar-refractivity contribution in [1.82, 2.24) is 20.0 Å². The molecule has 1 fully saturated rings. The number of hydrogen-bond acceptors (Lipinski definition) is 7. The molecule has 5 N–H and O–H groups in total. The van der Waals surface area contributed by atoms with Crippen LogP contribution in [0.5, 0.6) is 0 Å². The molecule has 4 bridgehead atoms. The van der Waals surface area contributed by atoms with E-state index < -0.39 is 16.5 Å². The first-order valence-electron chi connectivity index (χ1n) is 13.5. The van der Waals surface area contributed by atoms with Crippen molar-refractivity contribution in [3.8, 4) is 11.1 Å². The largest absolute Gasteiger partial charge is 0.371 e. The van der Waals surface area contributed by atoms with E-state index in [-0.39, 0.29) is 5.91 Å². The number of anilines is 4. The monoisotopic (exact) mass is 554 g/mol. The number of amides is 1. The highest BCUT2D eigenvalue weighted by Crippen LogP contribution is 2.40. The second kappa shape index (κ2) is 11.4. The zero-order valence-electron chi connectivity index (χ0n) is 22.0. The van der Waals surface area contributed by atoms with Crippen LogP contribution in [0.15, 0.2) is 90.0 Å². The molecule has 6 rings (SSSR count). The Bertz CT molecular complexity index is 1530. The number of fused-ring (bicyclic) bond motifs is 4. The molecule has 10 heteroatoms. The summed E-state index contributed by atoms with van der Waals surface area (Å²) in [5, 5.41) is 13.2. The first-order valence-corrected chi connectivity index (χ1v) is 14.7. The molecule has 1 unspecified atom stereocenters. The fourth-order valence-electron chi connectivity index (χ4n) is 4.68. The number of hydrogen-bond donors (Lipinski definition) is 5. The number of carbonyl (C=O) groups excluding carboxylic acids is 1. The van der Waals surface area contributed by atoms with Crippen LogP contribution in [-0.4, -0.2) is 34.5 Å². The number of nitrogens with zero attached hydrogens (tertiary/aromatic N) is 2. The van der Waals surface area contributed by atoms with Gasteiger partial charge in [-0.2, -0.15) is 4.98 Å². The Morgan fingerprint density at radius 1 is 0.975 bits per heavy atom. The summed E-state index contributed by atoms with van der Waals surface area (Å²) in [6.07, 6.45) is 4.20. The van der Waals surface area contributed by atoms with Crippen molar-refractivity contribution < 1.29 is 9.00 Å². The number of rotatable bonds is 6. The van der Waals surface area contributed by atoms with Gasteiger partial charge in [0, 0.05) is 48.8 Å². The third-order valence-electron chi connectivity index (χ3n) is 7.09. The minimum Gasteiger partial charge on any atom is -0.371 e. The Labute approximate surface area is 235 Å². The Morgan fingerprint density at radius 3 is 2.60 bits per heavy atom. The maximum Gasteiger partial charge on any atom is 0.245 e. The summed E-state index contributed by atoms with van der Waals surface area (Å²) in [5.41, 5.74) is 4.03. The molecule has 3 aromatic carbocycles. The number of carbonyl (C=O) groups is 1. The zero-order chi connectivity index (χ0) is 27.4. The highest BCUT2D eigenvalue weighted by atomic mass is 32.2. The van der Waals surface area contributed by atoms with Crippen LogP contribution in [-0.2, 0) is 26.5 Å². The maximum atomic E-state index is 12.9. The Morgan fingerprint density at radius 2 is 1.80 bits per heavy atom. The van der Waals surface area contributed by atoms with E-state index in [0.717, 1.165) is 58.0 Å². The minimum atomic E-state index is -1.67. The second-order valence-electron chi connectivity index (χ2n) is 10.1. The SMILES string of the molecule is O=C(NCc1ccccc1)C1(Nc2ccc(-c3cnc4nc3NCCCN[SH+](=O)c3cccc(c3)N4)cc2)CC1. The predicted octanol–water partition coefficient (Wildman–Crippen LogP) is 4.52. The molecule has 1 aromatic heterocycles. The lowest BCUT2D eigenvalue weighted by Gasteiger charge is -2.19.